The molecule has 0 heterocycles. The summed E-state index contributed by atoms with van der Waals surface area (Å²) in [5, 5.41) is 30.1. The Morgan fingerprint density at radius 2 is 1.73 bits per heavy atom. The number of nitro groups is 1. The van der Waals surface area contributed by atoms with Crippen LogP contribution in [0.4, 0.5) is 0 Å². The van der Waals surface area contributed by atoms with Crippen LogP contribution >= 0.6 is 0 Å². The van der Waals surface area contributed by atoms with Crippen LogP contribution in [0.3, 0.4) is 0 Å². The molecular weight excluding hydrogens is 344 g/mol. The number of hydrogen-bond acceptors (Lipinski definition) is 7. The average molecular weight is 360 g/mol. The van der Waals surface area contributed by atoms with Gasteiger partial charge in [0.2, 0.25) is 0 Å². The molecule has 9 heteroatoms. The number of aliphatic carboxylic acids is 1. The molecule has 0 aliphatic carbocycles. The summed E-state index contributed by atoms with van der Waals surface area (Å²) in [6.07, 6.45) is -0.0542. The predicted molar refractivity (Wildman–Crippen MR) is 88.6 cm³/mol. The lowest BCUT2D eigenvalue weighted by Gasteiger charge is -2.22. The number of aromatic hydroxyl groups is 1. The molecule has 136 valence electrons. The van der Waals surface area contributed by atoms with Crippen LogP contribution in [0.5, 0.6) is 5.75 Å². The fourth-order valence-corrected chi connectivity index (χ4v) is 2.30. The SMILES string of the molecule is N[C@@H](Cc1ccc(O)cc1)C(=O)OC(C(=O)O)(c1ccccc1)[N+](=O)[O-]. The molecule has 0 radical (unpaired) electrons. The molecule has 2 atom stereocenters. The van der Waals surface area contributed by atoms with E-state index in [1.54, 1.807) is 0 Å². The zero-order chi connectivity index (χ0) is 19.3. The second-order valence-corrected chi connectivity index (χ2v) is 5.47. The van der Waals surface area contributed by atoms with Gasteiger partial charge in [0, 0.05) is 0 Å². The lowest BCUT2D eigenvalue weighted by Crippen LogP contribution is -2.50. The van der Waals surface area contributed by atoms with E-state index in [4.69, 9.17) is 10.5 Å². The van der Waals surface area contributed by atoms with Crippen molar-refractivity contribution in [2.45, 2.75) is 18.2 Å². The topological polar surface area (TPSA) is 153 Å². The largest absolute Gasteiger partial charge is 0.508 e. The molecule has 2 aromatic rings. The Bertz CT molecular complexity index is 792. The van der Waals surface area contributed by atoms with Gasteiger partial charge in [-0.25, -0.2) is 4.79 Å². The molecule has 2 rings (SSSR count). The first-order valence-electron chi connectivity index (χ1n) is 7.47. The van der Waals surface area contributed by atoms with Crippen molar-refractivity contribution >= 4 is 11.9 Å². The quantitative estimate of drug-likeness (QED) is 0.286. The third-order valence-corrected chi connectivity index (χ3v) is 3.66. The number of hydrogen-bond donors (Lipinski definition) is 3. The van der Waals surface area contributed by atoms with Gasteiger partial charge in [0.25, 0.3) is 0 Å². The monoisotopic (exact) mass is 360 g/mol. The van der Waals surface area contributed by atoms with Gasteiger partial charge in [-0.3, -0.25) is 14.9 Å². The number of phenolic OH excluding ortho intramolecular Hbond substituents is 1. The van der Waals surface area contributed by atoms with E-state index >= 15 is 0 Å². The second-order valence-electron chi connectivity index (χ2n) is 5.47. The number of nitrogens with zero attached hydrogens (tertiary/aromatic N) is 1. The van der Waals surface area contributed by atoms with Crippen LogP contribution in [0.1, 0.15) is 11.1 Å². The molecule has 0 saturated carbocycles. The van der Waals surface area contributed by atoms with Crippen LogP contribution in [0.2, 0.25) is 0 Å². The number of carbonyl (C=O) groups is 2. The Kier molecular flexibility index (Phi) is 5.53. The summed E-state index contributed by atoms with van der Waals surface area (Å²) in [6.45, 7) is 0. The minimum atomic E-state index is -3.09. The maximum absolute atomic E-state index is 12.2. The number of carboxylic acids is 1. The zero-order valence-electron chi connectivity index (χ0n) is 13.4. The molecule has 0 aliphatic rings. The van der Waals surface area contributed by atoms with Gasteiger partial charge in [0.05, 0.1) is 10.5 Å². The van der Waals surface area contributed by atoms with Crippen LogP contribution in [0.15, 0.2) is 54.6 Å². The van der Waals surface area contributed by atoms with E-state index < -0.39 is 28.6 Å². The standard InChI is InChI=1S/C17H16N2O7/c18-14(10-11-6-8-13(20)9-7-11)15(21)26-17(16(22)23,19(24)25)12-4-2-1-3-5-12/h1-9,14,20H,10,18H2,(H,22,23)/t14-,17?/m0/s1. The van der Waals surface area contributed by atoms with E-state index in [0.717, 1.165) is 0 Å². The molecule has 1 unspecified atom stereocenters. The lowest BCUT2D eigenvalue weighted by molar-refractivity contribution is -0.614. The van der Waals surface area contributed by atoms with Crippen molar-refractivity contribution in [2.24, 2.45) is 5.73 Å². The van der Waals surface area contributed by atoms with Gasteiger partial charge < -0.3 is 20.7 Å². The maximum Gasteiger partial charge on any atom is 0.489 e. The van der Waals surface area contributed by atoms with Crippen molar-refractivity contribution in [3.63, 3.8) is 0 Å². The number of carboxylic acid groups (broad SMARTS) is 1. The summed E-state index contributed by atoms with van der Waals surface area (Å²) < 4.78 is 4.79. The number of ether oxygens (including phenoxy) is 1. The van der Waals surface area contributed by atoms with Gasteiger partial charge in [-0.15, -0.1) is 0 Å². The van der Waals surface area contributed by atoms with Crippen molar-refractivity contribution in [3.8, 4) is 5.75 Å². The minimum Gasteiger partial charge on any atom is -0.508 e. The lowest BCUT2D eigenvalue weighted by atomic mass is 10.0. The Labute approximate surface area is 147 Å². The Morgan fingerprint density at radius 3 is 2.23 bits per heavy atom. The molecule has 4 N–H and O–H groups in total. The molecule has 0 aromatic heterocycles. The van der Waals surface area contributed by atoms with E-state index in [1.165, 1.54) is 54.6 Å². The molecule has 0 bridgehead atoms. The normalized spacial score (nSPS) is 14.0. The highest BCUT2D eigenvalue weighted by Crippen LogP contribution is 2.28. The fraction of sp³-hybridized carbons (Fsp3) is 0.176. The van der Waals surface area contributed by atoms with Crippen molar-refractivity contribution in [1.29, 1.82) is 0 Å². The molecule has 9 nitrogen and oxygen atoms in total. The molecule has 2 aromatic carbocycles. The summed E-state index contributed by atoms with van der Waals surface area (Å²) in [5.41, 5.74) is 2.87. The molecule has 0 spiro atoms. The smallest absolute Gasteiger partial charge is 0.489 e. The van der Waals surface area contributed by atoms with E-state index in [9.17, 15) is 29.9 Å². The molecule has 26 heavy (non-hydrogen) atoms. The van der Waals surface area contributed by atoms with E-state index in [-0.39, 0.29) is 17.7 Å². The third-order valence-electron chi connectivity index (χ3n) is 3.66. The second kappa shape index (κ2) is 7.62. The van der Waals surface area contributed by atoms with Crippen LogP contribution in [-0.4, -0.2) is 33.1 Å². The van der Waals surface area contributed by atoms with Crippen molar-refractivity contribution in [3.05, 3.63) is 75.8 Å². The number of rotatable bonds is 7. The Balaban J connectivity index is 2.27. The minimum absolute atomic E-state index is 0.0206. The number of benzene rings is 2. The number of carbonyl (C=O) groups excluding carboxylic acids is 1. The van der Waals surface area contributed by atoms with Gasteiger partial charge in [-0.05, 0) is 36.2 Å². The first-order chi connectivity index (χ1) is 12.3. The molecule has 0 amide bonds. The van der Waals surface area contributed by atoms with Crippen LogP contribution < -0.4 is 5.73 Å². The highest BCUT2D eigenvalue weighted by Gasteiger charge is 2.58. The number of nitrogens with two attached hydrogens (primary N) is 1. The Hall–Kier alpha value is -3.46. The summed E-state index contributed by atoms with van der Waals surface area (Å²) in [4.78, 5) is 34.2. The molecule has 0 aliphatic heterocycles. The van der Waals surface area contributed by atoms with Crippen molar-refractivity contribution < 1.29 is 29.5 Å². The maximum atomic E-state index is 12.2. The van der Waals surface area contributed by atoms with Gasteiger partial charge in [-0.2, -0.15) is 0 Å². The molecule has 0 fully saturated rings. The fourth-order valence-electron chi connectivity index (χ4n) is 2.30. The van der Waals surface area contributed by atoms with Crippen molar-refractivity contribution in [2.75, 3.05) is 0 Å². The van der Waals surface area contributed by atoms with E-state index in [2.05, 4.69) is 0 Å². The third kappa shape index (κ3) is 3.78. The zero-order valence-corrected chi connectivity index (χ0v) is 13.4. The predicted octanol–water partition coefficient (Wildman–Crippen LogP) is 1.02. The van der Waals surface area contributed by atoms with Crippen LogP contribution in [0.25, 0.3) is 0 Å². The number of phenols is 1. The van der Waals surface area contributed by atoms with Crippen LogP contribution in [-0.2, 0) is 26.5 Å². The Morgan fingerprint density at radius 1 is 1.15 bits per heavy atom. The van der Waals surface area contributed by atoms with Gasteiger partial charge in [0.15, 0.2) is 0 Å². The summed E-state index contributed by atoms with van der Waals surface area (Å²) in [6, 6.07) is 11.1. The average Bonchev–Trinajstić information content (AvgIpc) is 2.61. The van der Waals surface area contributed by atoms with E-state index in [0.29, 0.717) is 5.56 Å². The number of esters is 1. The van der Waals surface area contributed by atoms with Gasteiger partial charge >= 0.3 is 17.7 Å². The summed E-state index contributed by atoms with van der Waals surface area (Å²) in [5.74, 6) is -3.16. The van der Waals surface area contributed by atoms with Gasteiger partial charge in [0.1, 0.15) is 11.8 Å². The van der Waals surface area contributed by atoms with Crippen LogP contribution in [0, 0.1) is 10.1 Å². The van der Waals surface area contributed by atoms with E-state index in [1.807, 2.05) is 0 Å². The van der Waals surface area contributed by atoms with Gasteiger partial charge in [-0.1, -0.05) is 30.3 Å². The first kappa shape index (κ1) is 18.9. The summed E-state index contributed by atoms with van der Waals surface area (Å²) >= 11 is 0. The highest BCUT2D eigenvalue weighted by atomic mass is 16.7. The highest BCUT2D eigenvalue weighted by molar-refractivity contribution is 5.83. The van der Waals surface area contributed by atoms with Crippen molar-refractivity contribution in [1.82, 2.24) is 0 Å². The summed E-state index contributed by atoms with van der Waals surface area (Å²) in [7, 11) is 0. The first-order valence-corrected chi connectivity index (χ1v) is 7.47. The molecular formula is C17H16N2O7. The molecule has 0 saturated heterocycles.